The standard InChI is InChI=1S/C16H13F4NO2/c1-21(15(22)13-7-4-11(17)8-14(13)18)9-10-2-5-12(6-3-10)23-16(19)20/h2-8,16H,9H2,1H3. The van der Waals surface area contributed by atoms with Crippen LogP contribution in [0.25, 0.3) is 0 Å². The summed E-state index contributed by atoms with van der Waals surface area (Å²) in [5, 5.41) is 0. The summed E-state index contributed by atoms with van der Waals surface area (Å²) in [5.74, 6) is -2.32. The van der Waals surface area contributed by atoms with Crippen molar-refractivity contribution >= 4 is 5.91 Å². The summed E-state index contributed by atoms with van der Waals surface area (Å²) in [7, 11) is 1.45. The molecule has 0 saturated carbocycles. The maximum Gasteiger partial charge on any atom is 0.387 e. The van der Waals surface area contributed by atoms with Crippen molar-refractivity contribution in [2.45, 2.75) is 13.2 Å². The largest absolute Gasteiger partial charge is 0.435 e. The Morgan fingerprint density at radius 3 is 2.35 bits per heavy atom. The number of benzene rings is 2. The second-order valence-electron chi connectivity index (χ2n) is 4.81. The van der Waals surface area contributed by atoms with Crippen LogP contribution in [0.4, 0.5) is 17.6 Å². The normalized spacial score (nSPS) is 10.7. The van der Waals surface area contributed by atoms with E-state index in [1.165, 1.54) is 36.2 Å². The van der Waals surface area contributed by atoms with E-state index in [0.29, 0.717) is 11.6 Å². The molecular weight excluding hydrogens is 314 g/mol. The molecule has 0 aliphatic rings. The Morgan fingerprint density at radius 2 is 1.78 bits per heavy atom. The Balaban J connectivity index is 2.06. The van der Waals surface area contributed by atoms with Gasteiger partial charge in [0.1, 0.15) is 17.4 Å². The van der Waals surface area contributed by atoms with Crippen molar-refractivity contribution in [2.75, 3.05) is 7.05 Å². The van der Waals surface area contributed by atoms with E-state index in [0.717, 1.165) is 12.1 Å². The zero-order valence-electron chi connectivity index (χ0n) is 12.1. The minimum atomic E-state index is -2.91. The molecule has 1 amide bonds. The van der Waals surface area contributed by atoms with E-state index in [9.17, 15) is 22.4 Å². The Bertz CT molecular complexity index is 689. The summed E-state index contributed by atoms with van der Waals surface area (Å²) < 4.78 is 54.8. The van der Waals surface area contributed by atoms with Crippen LogP contribution in [0.15, 0.2) is 42.5 Å². The summed E-state index contributed by atoms with van der Waals surface area (Å²) in [4.78, 5) is 13.4. The van der Waals surface area contributed by atoms with E-state index in [2.05, 4.69) is 4.74 Å². The number of ether oxygens (including phenoxy) is 1. The van der Waals surface area contributed by atoms with Gasteiger partial charge in [0, 0.05) is 19.7 Å². The number of amides is 1. The van der Waals surface area contributed by atoms with Crippen molar-refractivity contribution < 1.29 is 27.1 Å². The van der Waals surface area contributed by atoms with Gasteiger partial charge < -0.3 is 9.64 Å². The molecule has 0 unspecified atom stereocenters. The lowest BCUT2D eigenvalue weighted by Crippen LogP contribution is -2.27. The first-order chi connectivity index (χ1) is 10.9. The molecule has 0 heterocycles. The zero-order chi connectivity index (χ0) is 17.0. The molecule has 0 radical (unpaired) electrons. The molecule has 0 atom stereocenters. The quantitative estimate of drug-likeness (QED) is 0.781. The number of alkyl halides is 2. The van der Waals surface area contributed by atoms with Gasteiger partial charge in [0.05, 0.1) is 5.56 Å². The minimum Gasteiger partial charge on any atom is -0.435 e. The smallest absolute Gasteiger partial charge is 0.387 e. The van der Waals surface area contributed by atoms with E-state index in [4.69, 9.17) is 0 Å². The lowest BCUT2D eigenvalue weighted by atomic mass is 10.1. The first-order valence-electron chi connectivity index (χ1n) is 6.61. The summed E-state index contributed by atoms with van der Waals surface area (Å²) >= 11 is 0. The van der Waals surface area contributed by atoms with Crippen LogP contribution in [0, 0.1) is 11.6 Å². The number of hydrogen-bond donors (Lipinski definition) is 0. The van der Waals surface area contributed by atoms with Crippen molar-refractivity contribution in [2.24, 2.45) is 0 Å². The Labute approximate surface area is 130 Å². The fourth-order valence-electron chi connectivity index (χ4n) is 1.99. The van der Waals surface area contributed by atoms with Gasteiger partial charge in [-0.3, -0.25) is 4.79 Å². The van der Waals surface area contributed by atoms with Crippen molar-refractivity contribution in [3.8, 4) is 5.75 Å². The molecule has 0 bridgehead atoms. The van der Waals surface area contributed by atoms with Crippen LogP contribution in [0.5, 0.6) is 5.75 Å². The molecule has 7 heteroatoms. The predicted molar refractivity (Wildman–Crippen MR) is 75.2 cm³/mol. The monoisotopic (exact) mass is 327 g/mol. The average molecular weight is 327 g/mol. The number of carbonyl (C=O) groups is 1. The molecule has 0 aliphatic heterocycles. The Morgan fingerprint density at radius 1 is 1.13 bits per heavy atom. The van der Waals surface area contributed by atoms with E-state index >= 15 is 0 Å². The molecule has 0 saturated heterocycles. The van der Waals surface area contributed by atoms with Crippen LogP contribution in [0.2, 0.25) is 0 Å². The molecule has 0 aliphatic carbocycles. The summed E-state index contributed by atoms with van der Waals surface area (Å²) in [6, 6.07) is 8.43. The highest BCUT2D eigenvalue weighted by Crippen LogP contribution is 2.17. The third kappa shape index (κ3) is 4.45. The average Bonchev–Trinajstić information content (AvgIpc) is 2.48. The van der Waals surface area contributed by atoms with Gasteiger partial charge in [0.15, 0.2) is 0 Å². The fraction of sp³-hybridized carbons (Fsp3) is 0.188. The number of nitrogens with zero attached hydrogens (tertiary/aromatic N) is 1. The first-order valence-corrected chi connectivity index (χ1v) is 6.61. The number of hydrogen-bond acceptors (Lipinski definition) is 2. The van der Waals surface area contributed by atoms with Gasteiger partial charge in [-0.1, -0.05) is 12.1 Å². The number of rotatable bonds is 5. The van der Waals surface area contributed by atoms with Crippen molar-refractivity contribution in [1.29, 1.82) is 0 Å². The van der Waals surface area contributed by atoms with Gasteiger partial charge in [0.25, 0.3) is 5.91 Å². The third-order valence-corrected chi connectivity index (χ3v) is 3.08. The lowest BCUT2D eigenvalue weighted by molar-refractivity contribution is -0.0498. The minimum absolute atomic E-state index is 0.00214. The van der Waals surface area contributed by atoms with E-state index in [1.807, 2.05) is 0 Å². The van der Waals surface area contributed by atoms with Gasteiger partial charge in [-0.25, -0.2) is 8.78 Å². The van der Waals surface area contributed by atoms with Gasteiger partial charge in [0.2, 0.25) is 0 Å². The highest BCUT2D eigenvalue weighted by molar-refractivity contribution is 5.94. The molecule has 23 heavy (non-hydrogen) atoms. The Hall–Kier alpha value is -2.57. The maximum atomic E-state index is 13.6. The van der Waals surface area contributed by atoms with Crippen LogP contribution in [0.1, 0.15) is 15.9 Å². The SMILES string of the molecule is CN(Cc1ccc(OC(F)F)cc1)C(=O)c1ccc(F)cc1F. The zero-order valence-corrected chi connectivity index (χ0v) is 12.1. The van der Waals surface area contributed by atoms with Crippen LogP contribution in [0.3, 0.4) is 0 Å². The topological polar surface area (TPSA) is 29.5 Å². The predicted octanol–water partition coefficient (Wildman–Crippen LogP) is 3.84. The number of halogens is 4. The van der Waals surface area contributed by atoms with E-state index in [1.54, 1.807) is 0 Å². The van der Waals surface area contributed by atoms with Crippen molar-refractivity contribution in [1.82, 2.24) is 4.90 Å². The molecule has 2 aromatic carbocycles. The van der Waals surface area contributed by atoms with E-state index < -0.39 is 24.2 Å². The molecular formula is C16H13F4NO2. The molecule has 0 fully saturated rings. The van der Waals surface area contributed by atoms with E-state index in [-0.39, 0.29) is 17.9 Å². The second-order valence-corrected chi connectivity index (χ2v) is 4.81. The molecule has 2 aromatic rings. The van der Waals surface area contributed by atoms with Crippen LogP contribution < -0.4 is 4.74 Å². The maximum absolute atomic E-state index is 13.6. The first kappa shape index (κ1) is 16.8. The van der Waals surface area contributed by atoms with Crippen LogP contribution >= 0.6 is 0 Å². The van der Waals surface area contributed by atoms with Crippen molar-refractivity contribution in [3.63, 3.8) is 0 Å². The van der Waals surface area contributed by atoms with Gasteiger partial charge >= 0.3 is 6.61 Å². The lowest BCUT2D eigenvalue weighted by Gasteiger charge is -2.18. The van der Waals surface area contributed by atoms with Crippen molar-refractivity contribution in [3.05, 3.63) is 65.2 Å². The second kappa shape index (κ2) is 7.13. The fourth-order valence-corrected chi connectivity index (χ4v) is 1.99. The Kier molecular flexibility index (Phi) is 5.20. The van der Waals surface area contributed by atoms with Crippen LogP contribution in [-0.4, -0.2) is 24.5 Å². The molecule has 0 aromatic heterocycles. The molecule has 0 N–H and O–H groups in total. The third-order valence-electron chi connectivity index (χ3n) is 3.08. The van der Waals surface area contributed by atoms with Gasteiger partial charge in [-0.2, -0.15) is 8.78 Å². The summed E-state index contributed by atoms with van der Waals surface area (Å²) in [6.45, 7) is -2.78. The highest BCUT2D eigenvalue weighted by atomic mass is 19.3. The van der Waals surface area contributed by atoms with Gasteiger partial charge in [-0.15, -0.1) is 0 Å². The summed E-state index contributed by atoms with van der Waals surface area (Å²) in [5.41, 5.74) is 0.400. The molecule has 3 nitrogen and oxygen atoms in total. The highest BCUT2D eigenvalue weighted by Gasteiger charge is 2.17. The van der Waals surface area contributed by atoms with Gasteiger partial charge in [-0.05, 0) is 29.8 Å². The molecule has 122 valence electrons. The van der Waals surface area contributed by atoms with Crippen LogP contribution in [-0.2, 0) is 6.54 Å². The summed E-state index contributed by atoms with van der Waals surface area (Å²) in [6.07, 6.45) is 0. The molecule has 2 rings (SSSR count). The number of carbonyl (C=O) groups excluding carboxylic acids is 1. The molecule has 0 spiro atoms.